The first kappa shape index (κ1) is 16.5. The molecular formula is C16H13F2N5O2. The summed E-state index contributed by atoms with van der Waals surface area (Å²) in [5, 5.41) is 13.7. The van der Waals surface area contributed by atoms with E-state index >= 15 is 0 Å². The standard InChI is InChI=1S/C16H13F2N5O2/c1-25-12-5-2-10(3-6-12)16(24)19-9-15-20-21-22-23(15)11-4-7-13(17)14(18)8-11/h2-8H,9H2,1H3,(H,19,24). The van der Waals surface area contributed by atoms with E-state index in [1.54, 1.807) is 24.3 Å². The normalized spacial score (nSPS) is 10.5. The number of halogens is 2. The molecule has 0 atom stereocenters. The van der Waals surface area contributed by atoms with Crippen LogP contribution in [0.2, 0.25) is 0 Å². The Bertz CT molecular complexity index is 896. The largest absolute Gasteiger partial charge is 0.497 e. The van der Waals surface area contributed by atoms with Crippen LogP contribution in [-0.2, 0) is 6.54 Å². The average molecular weight is 345 g/mol. The molecule has 3 aromatic rings. The molecule has 0 aliphatic heterocycles. The number of nitrogens with one attached hydrogen (secondary N) is 1. The van der Waals surface area contributed by atoms with E-state index in [1.165, 1.54) is 17.9 Å². The number of carbonyl (C=O) groups excluding carboxylic acids is 1. The molecule has 0 aliphatic rings. The van der Waals surface area contributed by atoms with Crippen LogP contribution in [0, 0.1) is 11.6 Å². The number of rotatable bonds is 5. The lowest BCUT2D eigenvalue weighted by Gasteiger charge is -2.07. The summed E-state index contributed by atoms with van der Waals surface area (Å²) in [7, 11) is 1.53. The summed E-state index contributed by atoms with van der Waals surface area (Å²) < 4.78 is 32.6. The number of tetrazole rings is 1. The lowest BCUT2D eigenvalue weighted by Crippen LogP contribution is -2.24. The Kier molecular flexibility index (Phi) is 4.64. The zero-order valence-corrected chi connectivity index (χ0v) is 13.1. The van der Waals surface area contributed by atoms with E-state index in [0.29, 0.717) is 11.3 Å². The SMILES string of the molecule is COc1ccc(C(=O)NCc2nnnn2-c2ccc(F)c(F)c2)cc1. The minimum absolute atomic E-state index is 0.0108. The van der Waals surface area contributed by atoms with Crippen molar-refractivity contribution in [3.63, 3.8) is 0 Å². The number of hydrogen-bond acceptors (Lipinski definition) is 5. The second-order valence-corrected chi connectivity index (χ2v) is 5.02. The van der Waals surface area contributed by atoms with Gasteiger partial charge in [0, 0.05) is 11.6 Å². The Morgan fingerprint density at radius 1 is 1.16 bits per heavy atom. The van der Waals surface area contributed by atoms with Gasteiger partial charge in [0.25, 0.3) is 5.91 Å². The molecule has 9 heteroatoms. The highest BCUT2D eigenvalue weighted by Crippen LogP contribution is 2.14. The molecule has 0 saturated heterocycles. The van der Waals surface area contributed by atoms with Gasteiger partial charge in [0.05, 0.1) is 19.3 Å². The zero-order valence-electron chi connectivity index (χ0n) is 13.1. The highest BCUT2D eigenvalue weighted by molar-refractivity contribution is 5.94. The van der Waals surface area contributed by atoms with Crippen molar-refractivity contribution < 1.29 is 18.3 Å². The smallest absolute Gasteiger partial charge is 0.251 e. The Hall–Kier alpha value is -3.36. The molecule has 1 N–H and O–H groups in total. The van der Waals surface area contributed by atoms with Crippen LogP contribution < -0.4 is 10.1 Å². The van der Waals surface area contributed by atoms with Crippen molar-refractivity contribution in [3.05, 3.63) is 65.5 Å². The first-order valence-electron chi connectivity index (χ1n) is 7.23. The van der Waals surface area contributed by atoms with Crippen molar-refractivity contribution in [1.82, 2.24) is 25.5 Å². The highest BCUT2D eigenvalue weighted by atomic mass is 19.2. The molecule has 0 radical (unpaired) electrons. The maximum absolute atomic E-state index is 13.4. The fraction of sp³-hybridized carbons (Fsp3) is 0.125. The lowest BCUT2D eigenvalue weighted by molar-refractivity contribution is 0.0949. The van der Waals surface area contributed by atoms with Gasteiger partial charge in [-0.3, -0.25) is 4.79 Å². The number of carbonyl (C=O) groups is 1. The Morgan fingerprint density at radius 3 is 2.60 bits per heavy atom. The Morgan fingerprint density at radius 2 is 1.92 bits per heavy atom. The second-order valence-electron chi connectivity index (χ2n) is 5.02. The fourth-order valence-corrected chi connectivity index (χ4v) is 2.14. The molecule has 0 bridgehead atoms. The molecule has 0 aliphatic carbocycles. The summed E-state index contributed by atoms with van der Waals surface area (Å²) in [4.78, 5) is 12.1. The van der Waals surface area contributed by atoms with Crippen LogP contribution in [0.5, 0.6) is 5.75 Å². The van der Waals surface area contributed by atoms with E-state index in [-0.39, 0.29) is 24.0 Å². The van der Waals surface area contributed by atoms with Crippen LogP contribution in [0.4, 0.5) is 8.78 Å². The second kappa shape index (κ2) is 7.04. The monoisotopic (exact) mass is 345 g/mol. The molecule has 2 aromatic carbocycles. The maximum Gasteiger partial charge on any atom is 0.251 e. The number of ether oxygens (including phenoxy) is 1. The third-order valence-electron chi connectivity index (χ3n) is 3.44. The quantitative estimate of drug-likeness (QED) is 0.763. The van der Waals surface area contributed by atoms with Crippen LogP contribution >= 0.6 is 0 Å². The Balaban J connectivity index is 1.72. The summed E-state index contributed by atoms with van der Waals surface area (Å²) >= 11 is 0. The minimum Gasteiger partial charge on any atom is -0.497 e. The van der Waals surface area contributed by atoms with Crippen molar-refractivity contribution in [2.45, 2.75) is 6.54 Å². The number of benzene rings is 2. The predicted octanol–water partition coefficient (Wildman–Crippen LogP) is 1.88. The van der Waals surface area contributed by atoms with Gasteiger partial charge in [-0.15, -0.1) is 5.10 Å². The van der Waals surface area contributed by atoms with Crippen molar-refractivity contribution >= 4 is 5.91 Å². The third-order valence-corrected chi connectivity index (χ3v) is 3.44. The molecule has 25 heavy (non-hydrogen) atoms. The molecule has 0 fully saturated rings. The van der Waals surface area contributed by atoms with E-state index in [2.05, 4.69) is 20.8 Å². The predicted molar refractivity (Wildman–Crippen MR) is 83.2 cm³/mol. The van der Waals surface area contributed by atoms with Gasteiger partial charge in [-0.1, -0.05) is 0 Å². The first-order valence-corrected chi connectivity index (χ1v) is 7.23. The van der Waals surface area contributed by atoms with Gasteiger partial charge >= 0.3 is 0 Å². The zero-order chi connectivity index (χ0) is 17.8. The van der Waals surface area contributed by atoms with E-state index in [9.17, 15) is 13.6 Å². The first-order chi connectivity index (χ1) is 12.1. The molecule has 128 valence electrons. The lowest BCUT2D eigenvalue weighted by atomic mass is 10.2. The summed E-state index contributed by atoms with van der Waals surface area (Å²) in [6.07, 6.45) is 0. The van der Waals surface area contributed by atoms with Gasteiger partial charge in [-0.2, -0.15) is 4.68 Å². The topological polar surface area (TPSA) is 81.9 Å². The van der Waals surface area contributed by atoms with Crippen molar-refractivity contribution in [3.8, 4) is 11.4 Å². The van der Waals surface area contributed by atoms with E-state index in [0.717, 1.165) is 12.1 Å². The molecule has 3 rings (SSSR count). The molecular weight excluding hydrogens is 332 g/mol. The maximum atomic E-state index is 13.4. The number of aromatic nitrogens is 4. The summed E-state index contributed by atoms with van der Waals surface area (Å²) in [5.41, 5.74) is 0.685. The Labute approximate surface area is 141 Å². The van der Waals surface area contributed by atoms with Crippen molar-refractivity contribution in [1.29, 1.82) is 0 Å². The minimum atomic E-state index is -1.01. The van der Waals surface area contributed by atoms with Gasteiger partial charge in [0.15, 0.2) is 17.5 Å². The van der Waals surface area contributed by atoms with Crippen molar-refractivity contribution in [2.75, 3.05) is 7.11 Å². The van der Waals surface area contributed by atoms with E-state index in [1.807, 2.05) is 0 Å². The van der Waals surface area contributed by atoms with Gasteiger partial charge < -0.3 is 10.1 Å². The summed E-state index contributed by atoms with van der Waals surface area (Å²) in [6, 6.07) is 9.86. The van der Waals surface area contributed by atoms with Crippen LogP contribution in [-0.4, -0.2) is 33.2 Å². The summed E-state index contributed by atoms with van der Waals surface area (Å²) in [5.74, 6) is -1.40. The summed E-state index contributed by atoms with van der Waals surface area (Å²) in [6.45, 7) is 0.0108. The van der Waals surface area contributed by atoms with E-state index < -0.39 is 11.6 Å². The van der Waals surface area contributed by atoms with Gasteiger partial charge in [-0.25, -0.2) is 8.78 Å². The fourth-order valence-electron chi connectivity index (χ4n) is 2.14. The molecule has 1 aromatic heterocycles. The van der Waals surface area contributed by atoms with Crippen LogP contribution in [0.3, 0.4) is 0 Å². The number of amides is 1. The number of methoxy groups -OCH3 is 1. The third kappa shape index (κ3) is 3.60. The van der Waals surface area contributed by atoms with Gasteiger partial charge in [0.1, 0.15) is 5.75 Å². The van der Waals surface area contributed by atoms with E-state index in [4.69, 9.17) is 4.74 Å². The molecule has 0 saturated carbocycles. The molecule has 7 nitrogen and oxygen atoms in total. The van der Waals surface area contributed by atoms with Gasteiger partial charge in [-0.05, 0) is 46.8 Å². The molecule has 1 amide bonds. The molecule has 1 heterocycles. The average Bonchev–Trinajstić information content (AvgIpc) is 3.10. The number of hydrogen-bond donors (Lipinski definition) is 1. The van der Waals surface area contributed by atoms with Crippen molar-refractivity contribution in [2.24, 2.45) is 0 Å². The number of nitrogens with zero attached hydrogens (tertiary/aromatic N) is 4. The van der Waals surface area contributed by atoms with Crippen LogP contribution in [0.1, 0.15) is 16.2 Å². The van der Waals surface area contributed by atoms with Crippen LogP contribution in [0.25, 0.3) is 5.69 Å². The van der Waals surface area contributed by atoms with Crippen LogP contribution in [0.15, 0.2) is 42.5 Å². The highest BCUT2D eigenvalue weighted by Gasteiger charge is 2.13. The van der Waals surface area contributed by atoms with Gasteiger partial charge in [0.2, 0.25) is 0 Å². The molecule has 0 spiro atoms. The molecule has 0 unspecified atom stereocenters.